The molecule has 0 fully saturated rings. The molecule has 3 nitrogen and oxygen atoms in total. The Hall–Kier alpha value is -0.280. The number of halogens is 1. The summed E-state index contributed by atoms with van der Waals surface area (Å²) >= 11 is 3.31. The van der Waals surface area contributed by atoms with Crippen molar-refractivity contribution < 1.29 is 14.4 Å². The summed E-state index contributed by atoms with van der Waals surface area (Å²) in [5.74, 6) is 0. The number of hydrogen-bond donors (Lipinski definition) is 2. The van der Waals surface area contributed by atoms with E-state index in [1.807, 2.05) is 30.3 Å². The van der Waals surface area contributed by atoms with Crippen LogP contribution in [0.5, 0.6) is 0 Å². The topological polar surface area (TPSA) is 57.5 Å². The first-order valence-electron chi connectivity index (χ1n) is 2.68. The zero-order chi connectivity index (χ0) is 8.69. The zero-order valence-electron chi connectivity index (χ0n) is 5.51. The van der Waals surface area contributed by atoms with Crippen LogP contribution in [0.15, 0.2) is 34.8 Å². The summed E-state index contributed by atoms with van der Waals surface area (Å²) < 4.78 is 9.84. The highest BCUT2D eigenvalue weighted by Gasteiger charge is 1.93. The van der Waals surface area contributed by atoms with E-state index >= 15 is 0 Å². The predicted octanol–water partition coefficient (Wildman–Crippen LogP) is 2.08. The minimum absolute atomic E-state index is 1.13. The third-order valence-corrected chi connectivity index (χ3v) is 1.26. The first kappa shape index (κ1) is 10.7. The highest BCUT2D eigenvalue weighted by atomic mass is 79.9. The second-order valence-corrected chi connectivity index (χ2v) is 2.97. The molecule has 60 valence electrons. The van der Waals surface area contributed by atoms with Crippen molar-refractivity contribution in [2.24, 2.45) is 0 Å². The largest absolute Gasteiger partial charge is 0.692 e. The van der Waals surface area contributed by atoms with E-state index in [-0.39, 0.29) is 0 Å². The standard InChI is InChI=1S/C6H5Br.HO3P/c7-6-4-2-1-3-5-6;1-4(2)3/h1-5H;(H-,1,2,3)/p+1. The molecule has 0 amide bonds. The fourth-order valence-corrected chi connectivity index (χ4v) is 0.720. The van der Waals surface area contributed by atoms with Crippen LogP contribution in [0.2, 0.25) is 0 Å². The van der Waals surface area contributed by atoms with Gasteiger partial charge in [-0.2, -0.15) is 0 Å². The van der Waals surface area contributed by atoms with Crippen LogP contribution in [0, 0.1) is 0 Å². The minimum Gasteiger partial charge on any atom is -0.134 e. The van der Waals surface area contributed by atoms with Gasteiger partial charge in [0, 0.05) is 9.04 Å². The van der Waals surface area contributed by atoms with Crippen molar-refractivity contribution in [1.29, 1.82) is 0 Å². The van der Waals surface area contributed by atoms with Crippen LogP contribution in [-0.4, -0.2) is 9.79 Å². The Labute approximate surface area is 73.8 Å². The normalized spacial score (nSPS) is 7.91. The molecule has 0 saturated heterocycles. The summed E-state index contributed by atoms with van der Waals surface area (Å²) in [6.07, 6.45) is 0. The number of hydrogen-bond acceptors (Lipinski definition) is 1. The SMILES string of the molecule is Brc1ccccc1.O=[P+](O)O. The Morgan fingerprint density at radius 3 is 1.73 bits per heavy atom. The number of rotatable bonds is 0. The molecular formula is C6H7BrO3P+. The maximum absolute atomic E-state index is 8.70. The van der Waals surface area contributed by atoms with Crippen LogP contribution in [0.1, 0.15) is 0 Å². The van der Waals surface area contributed by atoms with Crippen molar-refractivity contribution in [1.82, 2.24) is 0 Å². The van der Waals surface area contributed by atoms with Crippen molar-refractivity contribution in [3.8, 4) is 0 Å². The van der Waals surface area contributed by atoms with Gasteiger partial charge in [0.15, 0.2) is 0 Å². The van der Waals surface area contributed by atoms with Gasteiger partial charge in [-0.15, -0.1) is 9.79 Å². The van der Waals surface area contributed by atoms with Gasteiger partial charge in [0.2, 0.25) is 0 Å². The Bertz CT molecular complexity index is 210. The summed E-state index contributed by atoms with van der Waals surface area (Å²) in [5, 5.41) is 0. The molecule has 1 rings (SSSR count). The summed E-state index contributed by atoms with van der Waals surface area (Å²) in [5.41, 5.74) is 0. The van der Waals surface area contributed by atoms with Gasteiger partial charge in [-0.25, -0.2) is 0 Å². The molecular weight excluding hydrogens is 231 g/mol. The molecule has 0 radical (unpaired) electrons. The van der Waals surface area contributed by atoms with Crippen LogP contribution in [0.3, 0.4) is 0 Å². The maximum Gasteiger partial charge on any atom is 0.692 e. The lowest BCUT2D eigenvalue weighted by atomic mass is 10.4. The lowest BCUT2D eigenvalue weighted by Gasteiger charge is -1.80. The molecule has 0 heterocycles. The maximum atomic E-state index is 8.70. The van der Waals surface area contributed by atoms with E-state index in [9.17, 15) is 0 Å². The Morgan fingerprint density at radius 1 is 1.18 bits per heavy atom. The fraction of sp³-hybridized carbons (Fsp3) is 0. The van der Waals surface area contributed by atoms with Crippen LogP contribution in [0.25, 0.3) is 0 Å². The van der Waals surface area contributed by atoms with Gasteiger partial charge >= 0.3 is 8.25 Å². The molecule has 0 atom stereocenters. The van der Waals surface area contributed by atoms with Crippen molar-refractivity contribution in [3.63, 3.8) is 0 Å². The Morgan fingerprint density at radius 2 is 1.55 bits per heavy atom. The summed E-state index contributed by atoms with van der Waals surface area (Å²) in [7, 11) is -2.87. The molecule has 0 aromatic heterocycles. The monoisotopic (exact) mass is 237 g/mol. The quantitative estimate of drug-likeness (QED) is 0.680. The molecule has 0 aliphatic rings. The highest BCUT2D eigenvalue weighted by Crippen LogP contribution is 2.05. The van der Waals surface area contributed by atoms with E-state index in [2.05, 4.69) is 15.9 Å². The van der Waals surface area contributed by atoms with Crippen LogP contribution >= 0.6 is 24.2 Å². The van der Waals surface area contributed by atoms with E-state index in [0.717, 1.165) is 4.47 Å². The molecule has 0 spiro atoms. The van der Waals surface area contributed by atoms with Gasteiger partial charge in [-0.05, 0) is 12.1 Å². The average molecular weight is 238 g/mol. The van der Waals surface area contributed by atoms with Crippen LogP contribution in [-0.2, 0) is 4.57 Å². The molecule has 1 aromatic carbocycles. The second kappa shape index (κ2) is 6.43. The highest BCUT2D eigenvalue weighted by molar-refractivity contribution is 9.10. The first-order chi connectivity index (χ1) is 5.13. The van der Waals surface area contributed by atoms with Crippen LogP contribution < -0.4 is 0 Å². The molecule has 5 heteroatoms. The molecule has 0 unspecified atom stereocenters. The smallest absolute Gasteiger partial charge is 0.134 e. The molecule has 0 bridgehead atoms. The zero-order valence-corrected chi connectivity index (χ0v) is 8.00. The van der Waals surface area contributed by atoms with Gasteiger partial charge < -0.3 is 0 Å². The van der Waals surface area contributed by atoms with Gasteiger partial charge in [0.05, 0.1) is 0 Å². The molecule has 11 heavy (non-hydrogen) atoms. The average Bonchev–Trinajstić information content (AvgIpc) is 1.87. The van der Waals surface area contributed by atoms with E-state index in [0.29, 0.717) is 0 Å². The molecule has 1 aromatic rings. The lowest BCUT2D eigenvalue weighted by Crippen LogP contribution is -1.55. The summed E-state index contributed by atoms with van der Waals surface area (Å²) in [6.45, 7) is 0. The van der Waals surface area contributed by atoms with Crippen molar-refractivity contribution in [2.75, 3.05) is 0 Å². The van der Waals surface area contributed by atoms with E-state index in [1.165, 1.54) is 0 Å². The lowest BCUT2D eigenvalue weighted by molar-refractivity contribution is 0.405. The molecule has 2 N–H and O–H groups in total. The van der Waals surface area contributed by atoms with E-state index < -0.39 is 8.25 Å². The third kappa shape index (κ3) is 9.72. The Balaban J connectivity index is 0.000000218. The van der Waals surface area contributed by atoms with Crippen molar-refractivity contribution in [3.05, 3.63) is 34.8 Å². The second-order valence-electron chi connectivity index (χ2n) is 1.55. The summed E-state index contributed by atoms with van der Waals surface area (Å²) in [6, 6.07) is 9.97. The van der Waals surface area contributed by atoms with E-state index in [1.54, 1.807) is 0 Å². The number of benzene rings is 1. The fourth-order valence-electron chi connectivity index (χ4n) is 0.415. The third-order valence-electron chi connectivity index (χ3n) is 0.733. The predicted molar refractivity (Wildman–Crippen MR) is 46.2 cm³/mol. The van der Waals surface area contributed by atoms with Gasteiger partial charge in [0.25, 0.3) is 0 Å². The first-order valence-corrected chi connectivity index (χ1v) is 4.64. The van der Waals surface area contributed by atoms with Crippen LogP contribution in [0.4, 0.5) is 0 Å². The molecule has 0 aliphatic carbocycles. The summed E-state index contributed by atoms with van der Waals surface area (Å²) in [4.78, 5) is 14.2. The minimum atomic E-state index is -2.87. The molecule has 0 saturated carbocycles. The van der Waals surface area contributed by atoms with Gasteiger partial charge in [-0.1, -0.05) is 34.1 Å². The van der Waals surface area contributed by atoms with E-state index in [4.69, 9.17) is 14.4 Å². The van der Waals surface area contributed by atoms with Gasteiger partial charge in [0.1, 0.15) is 0 Å². The molecule has 0 aliphatic heterocycles. The van der Waals surface area contributed by atoms with Gasteiger partial charge in [-0.3, -0.25) is 0 Å². The van der Waals surface area contributed by atoms with Crippen molar-refractivity contribution in [2.45, 2.75) is 0 Å². The van der Waals surface area contributed by atoms with Crippen molar-refractivity contribution >= 4 is 24.2 Å². The Kier molecular flexibility index (Phi) is 6.27.